The van der Waals surface area contributed by atoms with Crippen molar-refractivity contribution < 1.29 is 19.3 Å². The molecule has 0 radical (unpaired) electrons. The Hall–Kier alpha value is -2.87. The minimum absolute atomic E-state index is 0.0951. The summed E-state index contributed by atoms with van der Waals surface area (Å²) in [6, 6.07) is 18.1. The van der Waals surface area contributed by atoms with Crippen molar-refractivity contribution in [3.63, 3.8) is 0 Å². The Morgan fingerprint density at radius 1 is 1.09 bits per heavy atom. The van der Waals surface area contributed by atoms with Crippen molar-refractivity contribution in [2.24, 2.45) is 0 Å². The first kappa shape index (κ1) is 25.2. The molecule has 35 heavy (non-hydrogen) atoms. The minimum Gasteiger partial charge on any atom is -0.497 e. The molecule has 1 aliphatic rings. The molecule has 7 nitrogen and oxygen atoms in total. The van der Waals surface area contributed by atoms with Crippen molar-refractivity contribution in [3.8, 4) is 23.1 Å². The predicted octanol–water partition coefficient (Wildman–Crippen LogP) is 4.99. The van der Waals surface area contributed by atoms with Crippen LogP contribution in [0.3, 0.4) is 0 Å². The lowest BCUT2D eigenvalue weighted by atomic mass is 10.1. The van der Waals surface area contributed by atoms with Crippen LogP contribution >= 0.6 is 0 Å². The van der Waals surface area contributed by atoms with Crippen LogP contribution in [0.25, 0.3) is 5.69 Å². The lowest BCUT2D eigenvalue weighted by molar-refractivity contribution is -0.0107. The molecular weight excluding hydrogens is 442 g/mol. The molecule has 188 valence electrons. The molecule has 7 heteroatoms. The highest BCUT2D eigenvalue weighted by Crippen LogP contribution is 2.36. The summed E-state index contributed by atoms with van der Waals surface area (Å²) in [5.41, 5.74) is 2.98. The van der Waals surface area contributed by atoms with Crippen LogP contribution in [-0.2, 0) is 17.7 Å². The fourth-order valence-corrected chi connectivity index (χ4v) is 4.16. The Labute approximate surface area is 208 Å². The van der Waals surface area contributed by atoms with Gasteiger partial charge in [0.1, 0.15) is 11.5 Å². The summed E-state index contributed by atoms with van der Waals surface area (Å²) in [4.78, 5) is 2.35. The number of hydrogen-bond acceptors (Lipinski definition) is 6. The van der Waals surface area contributed by atoms with Crippen LogP contribution in [-0.4, -0.2) is 58.3 Å². The largest absolute Gasteiger partial charge is 0.497 e. The number of para-hydroxylation sites is 1. The van der Waals surface area contributed by atoms with Crippen molar-refractivity contribution in [2.45, 2.75) is 64.8 Å². The zero-order valence-electron chi connectivity index (χ0n) is 21.2. The van der Waals surface area contributed by atoms with E-state index in [1.54, 1.807) is 7.11 Å². The molecule has 0 amide bonds. The van der Waals surface area contributed by atoms with Gasteiger partial charge in [-0.1, -0.05) is 31.2 Å². The lowest BCUT2D eigenvalue weighted by Gasteiger charge is -2.26. The summed E-state index contributed by atoms with van der Waals surface area (Å²) in [6.45, 7) is 7.62. The monoisotopic (exact) mass is 479 g/mol. The molecule has 1 heterocycles. The number of aromatic nitrogens is 2. The molecule has 0 bridgehead atoms. The molecule has 0 aliphatic heterocycles. The molecule has 1 N–H and O–H groups in total. The van der Waals surface area contributed by atoms with E-state index in [4.69, 9.17) is 19.3 Å². The highest BCUT2D eigenvalue weighted by Gasteiger charge is 2.33. The number of hydrogen-bond donors (Lipinski definition) is 1. The summed E-state index contributed by atoms with van der Waals surface area (Å²) < 4.78 is 19.5. The number of methoxy groups -OCH3 is 1. The van der Waals surface area contributed by atoms with Crippen LogP contribution in [0.4, 0.5) is 0 Å². The van der Waals surface area contributed by atoms with Gasteiger partial charge in [-0.3, -0.25) is 4.90 Å². The molecule has 1 aliphatic carbocycles. The van der Waals surface area contributed by atoms with E-state index in [1.807, 2.05) is 73.1 Å². The summed E-state index contributed by atoms with van der Waals surface area (Å²) in [7, 11) is 1.65. The predicted molar refractivity (Wildman–Crippen MR) is 137 cm³/mol. The Morgan fingerprint density at radius 3 is 2.49 bits per heavy atom. The zero-order chi connectivity index (χ0) is 24.8. The van der Waals surface area contributed by atoms with Gasteiger partial charge in [0, 0.05) is 25.2 Å². The number of aliphatic hydroxyl groups is 1. The van der Waals surface area contributed by atoms with Gasteiger partial charge in [0.05, 0.1) is 42.9 Å². The average molecular weight is 480 g/mol. The maximum absolute atomic E-state index is 10.7. The zero-order valence-corrected chi connectivity index (χ0v) is 21.2. The van der Waals surface area contributed by atoms with Crippen molar-refractivity contribution in [1.29, 1.82) is 0 Å². The van der Waals surface area contributed by atoms with E-state index in [1.165, 1.54) is 0 Å². The van der Waals surface area contributed by atoms with Crippen LogP contribution in [0.2, 0.25) is 0 Å². The number of aliphatic hydroxyl groups excluding tert-OH is 1. The molecule has 1 aromatic heterocycles. The van der Waals surface area contributed by atoms with E-state index in [-0.39, 0.29) is 6.10 Å². The number of nitrogens with zero attached hydrogens (tertiary/aromatic N) is 3. The summed E-state index contributed by atoms with van der Waals surface area (Å²) in [5, 5.41) is 15.6. The molecule has 0 unspecified atom stereocenters. The Kier molecular flexibility index (Phi) is 8.44. The van der Waals surface area contributed by atoms with Crippen molar-refractivity contribution in [1.82, 2.24) is 14.7 Å². The van der Waals surface area contributed by atoms with E-state index in [9.17, 15) is 5.11 Å². The molecule has 4 rings (SSSR count). The van der Waals surface area contributed by atoms with Crippen molar-refractivity contribution in [3.05, 3.63) is 65.9 Å². The topological polar surface area (TPSA) is 69.0 Å². The van der Waals surface area contributed by atoms with Gasteiger partial charge >= 0.3 is 0 Å². The second-order valence-electron chi connectivity index (χ2n) is 9.31. The Balaban J connectivity index is 1.68. The van der Waals surface area contributed by atoms with E-state index in [0.717, 1.165) is 42.0 Å². The van der Waals surface area contributed by atoms with E-state index in [0.29, 0.717) is 37.4 Å². The van der Waals surface area contributed by atoms with Gasteiger partial charge in [-0.05, 0) is 57.4 Å². The van der Waals surface area contributed by atoms with Gasteiger partial charge in [-0.15, -0.1) is 0 Å². The standard InChI is InChI=1S/C28H37N3O4/c1-5-27-26(18-30(21-14-15-21)17-23(32)19-34-20(2)3)28(31(29-27)22-10-7-6-8-11-22)35-25-13-9-12-24(16-25)33-4/h6-13,16,20-21,23,32H,5,14-15,17-19H2,1-4H3/t23-/m0/s1. The smallest absolute Gasteiger partial charge is 0.227 e. The van der Waals surface area contributed by atoms with E-state index in [2.05, 4.69) is 11.8 Å². The molecule has 2 aromatic carbocycles. The van der Waals surface area contributed by atoms with Gasteiger partial charge in [-0.25, -0.2) is 4.68 Å². The fourth-order valence-electron chi connectivity index (χ4n) is 4.16. The molecule has 1 saturated carbocycles. The fraction of sp³-hybridized carbons (Fsp3) is 0.464. The number of ether oxygens (including phenoxy) is 3. The molecule has 3 aromatic rings. The first-order valence-electron chi connectivity index (χ1n) is 12.5. The SMILES string of the molecule is CCc1nn(-c2ccccc2)c(Oc2cccc(OC)c2)c1CN(C[C@H](O)COC(C)C)C1CC1. The quantitative estimate of drug-likeness (QED) is 0.373. The van der Waals surface area contributed by atoms with E-state index < -0.39 is 6.10 Å². The third-order valence-electron chi connectivity index (χ3n) is 6.10. The molecular formula is C28H37N3O4. The van der Waals surface area contributed by atoms with Crippen molar-refractivity contribution in [2.75, 3.05) is 20.3 Å². The maximum atomic E-state index is 10.7. The van der Waals surface area contributed by atoms with Crippen molar-refractivity contribution >= 4 is 0 Å². The third-order valence-corrected chi connectivity index (χ3v) is 6.10. The maximum Gasteiger partial charge on any atom is 0.227 e. The number of rotatable bonds is 13. The van der Waals surface area contributed by atoms with Gasteiger partial charge in [0.15, 0.2) is 0 Å². The van der Waals surface area contributed by atoms with E-state index >= 15 is 0 Å². The average Bonchev–Trinajstić information content (AvgIpc) is 3.66. The summed E-state index contributed by atoms with van der Waals surface area (Å²) in [5.74, 6) is 2.12. The first-order valence-corrected chi connectivity index (χ1v) is 12.5. The molecule has 1 atom stereocenters. The molecule has 1 fully saturated rings. The van der Waals surface area contributed by atoms with Gasteiger partial charge in [0.25, 0.3) is 0 Å². The van der Waals surface area contributed by atoms with Gasteiger partial charge < -0.3 is 19.3 Å². The second-order valence-corrected chi connectivity index (χ2v) is 9.31. The molecule has 0 saturated heterocycles. The lowest BCUT2D eigenvalue weighted by Crippen LogP contribution is -2.36. The summed E-state index contributed by atoms with van der Waals surface area (Å²) in [6.07, 6.45) is 2.60. The highest BCUT2D eigenvalue weighted by atomic mass is 16.5. The number of benzene rings is 2. The van der Waals surface area contributed by atoms with Crippen LogP contribution < -0.4 is 9.47 Å². The van der Waals surface area contributed by atoms with Crippen LogP contribution in [0.15, 0.2) is 54.6 Å². The number of aryl methyl sites for hydroxylation is 1. The van der Waals surface area contributed by atoms with Gasteiger partial charge in [0.2, 0.25) is 5.88 Å². The molecule has 0 spiro atoms. The Bertz CT molecular complexity index is 1080. The van der Waals surface area contributed by atoms with Crippen LogP contribution in [0.5, 0.6) is 17.4 Å². The normalized spacial score (nSPS) is 14.5. The second kappa shape index (κ2) is 11.7. The highest BCUT2D eigenvalue weighted by molar-refractivity contribution is 5.44. The minimum atomic E-state index is -0.546. The Morgan fingerprint density at radius 2 is 1.83 bits per heavy atom. The van der Waals surface area contributed by atoms with Gasteiger partial charge in [-0.2, -0.15) is 5.10 Å². The summed E-state index contributed by atoms with van der Waals surface area (Å²) >= 11 is 0. The van der Waals surface area contributed by atoms with Crippen LogP contribution in [0, 0.1) is 0 Å². The third kappa shape index (κ3) is 6.63. The first-order chi connectivity index (χ1) is 17.0. The van der Waals surface area contributed by atoms with Crippen LogP contribution in [0.1, 0.15) is 44.9 Å².